The van der Waals surface area contributed by atoms with Gasteiger partial charge >= 0.3 is 6.18 Å². The van der Waals surface area contributed by atoms with Crippen molar-refractivity contribution in [1.29, 1.82) is 0 Å². The van der Waals surface area contributed by atoms with Gasteiger partial charge in [-0.15, -0.1) is 0 Å². The second-order valence-corrected chi connectivity index (χ2v) is 5.61. The first kappa shape index (κ1) is 16.7. The molecule has 0 radical (unpaired) electrons. The van der Waals surface area contributed by atoms with Crippen LogP contribution >= 0.6 is 0 Å². The molecular formula is C12H25F3N2. The van der Waals surface area contributed by atoms with Crippen LogP contribution in [0.25, 0.3) is 0 Å². The van der Waals surface area contributed by atoms with Crippen molar-refractivity contribution in [3.8, 4) is 0 Å². The molecule has 0 aromatic heterocycles. The minimum Gasteiger partial charge on any atom is -0.304 e. The summed E-state index contributed by atoms with van der Waals surface area (Å²) in [5.41, 5.74) is -0.446. The number of hydrogen-bond acceptors (Lipinski definition) is 2. The van der Waals surface area contributed by atoms with Gasteiger partial charge in [0.15, 0.2) is 0 Å². The molecule has 17 heavy (non-hydrogen) atoms. The lowest BCUT2D eigenvalue weighted by atomic mass is 9.98. The highest BCUT2D eigenvalue weighted by Crippen LogP contribution is 2.23. The molecule has 0 aromatic carbocycles. The largest absolute Gasteiger partial charge is 0.401 e. The van der Waals surface area contributed by atoms with E-state index < -0.39 is 18.3 Å². The Morgan fingerprint density at radius 1 is 1.06 bits per heavy atom. The van der Waals surface area contributed by atoms with Crippen LogP contribution in [0.5, 0.6) is 0 Å². The maximum Gasteiger partial charge on any atom is 0.401 e. The van der Waals surface area contributed by atoms with Gasteiger partial charge in [0.2, 0.25) is 0 Å². The van der Waals surface area contributed by atoms with Crippen molar-refractivity contribution in [3.63, 3.8) is 0 Å². The van der Waals surface area contributed by atoms with E-state index in [9.17, 15) is 13.2 Å². The number of halogens is 3. The molecule has 0 aromatic rings. The molecule has 0 aliphatic carbocycles. The van der Waals surface area contributed by atoms with Gasteiger partial charge < -0.3 is 4.90 Å². The third-order valence-electron chi connectivity index (χ3n) is 3.41. The first-order valence-electron chi connectivity index (χ1n) is 5.94. The molecule has 0 N–H and O–H groups in total. The first-order valence-corrected chi connectivity index (χ1v) is 5.94. The van der Waals surface area contributed by atoms with E-state index in [1.165, 1.54) is 11.9 Å². The van der Waals surface area contributed by atoms with Gasteiger partial charge in [0, 0.05) is 11.6 Å². The molecule has 2 nitrogen and oxygen atoms in total. The molecule has 5 heteroatoms. The monoisotopic (exact) mass is 254 g/mol. The second kappa shape index (κ2) is 6.05. The molecule has 0 saturated heterocycles. The molecule has 0 spiro atoms. The minimum atomic E-state index is -4.13. The van der Waals surface area contributed by atoms with Crippen LogP contribution < -0.4 is 0 Å². The van der Waals surface area contributed by atoms with Crippen molar-refractivity contribution < 1.29 is 13.2 Å². The summed E-state index contributed by atoms with van der Waals surface area (Å²) in [7, 11) is 3.52. The van der Waals surface area contributed by atoms with Gasteiger partial charge in [-0.3, -0.25) is 4.90 Å². The molecule has 0 rings (SSSR count). The van der Waals surface area contributed by atoms with E-state index in [-0.39, 0.29) is 0 Å². The summed E-state index contributed by atoms with van der Waals surface area (Å²) < 4.78 is 36.9. The Morgan fingerprint density at radius 2 is 1.53 bits per heavy atom. The average molecular weight is 254 g/mol. The van der Waals surface area contributed by atoms with E-state index in [1.807, 2.05) is 20.9 Å². The molecule has 0 heterocycles. The fraction of sp³-hybridized carbons (Fsp3) is 1.00. The maximum absolute atomic E-state index is 12.3. The van der Waals surface area contributed by atoms with Crippen LogP contribution in [-0.2, 0) is 0 Å². The summed E-state index contributed by atoms with van der Waals surface area (Å²) in [4.78, 5) is 3.52. The Labute approximate surface area is 103 Å². The van der Waals surface area contributed by atoms with Gasteiger partial charge in [-0.05, 0) is 54.8 Å². The molecular weight excluding hydrogens is 229 g/mol. The van der Waals surface area contributed by atoms with E-state index in [0.29, 0.717) is 12.5 Å². The van der Waals surface area contributed by atoms with Crippen LogP contribution in [0, 0.1) is 0 Å². The summed E-state index contributed by atoms with van der Waals surface area (Å²) in [6.45, 7) is 7.80. The van der Waals surface area contributed by atoms with Gasteiger partial charge in [-0.2, -0.15) is 13.2 Å². The number of nitrogens with zero attached hydrogens (tertiary/aromatic N) is 2. The quantitative estimate of drug-likeness (QED) is 0.719. The minimum absolute atomic E-state index is 0.415. The van der Waals surface area contributed by atoms with Crippen molar-refractivity contribution in [1.82, 2.24) is 9.80 Å². The Hall–Kier alpha value is -0.290. The molecule has 0 atom stereocenters. The SMILES string of the molecule is CC(C)N(C)CCC(C)(C)N(C)CC(F)(F)F. The lowest BCUT2D eigenvalue weighted by Crippen LogP contribution is -2.47. The number of hydrogen-bond donors (Lipinski definition) is 0. The first-order chi connectivity index (χ1) is 7.46. The fourth-order valence-electron chi connectivity index (χ4n) is 1.38. The Morgan fingerprint density at radius 3 is 1.88 bits per heavy atom. The van der Waals surface area contributed by atoms with Gasteiger partial charge in [-0.25, -0.2) is 0 Å². The molecule has 0 unspecified atom stereocenters. The van der Waals surface area contributed by atoms with Gasteiger partial charge in [-0.1, -0.05) is 0 Å². The van der Waals surface area contributed by atoms with E-state index in [1.54, 1.807) is 0 Å². The van der Waals surface area contributed by atoms with E-state index in [2.05, 4.69) is 18.7 Å². The third kappa shape index (κ3) is 6.88. The van der Waals surface area contributed by atoms with Crippen molar-refractivity contribution in [2.45, 2.75) is 51.9 Å². The predicted octanol–water partition coefficient (Wildman–Crippen LogP) is 2.99. The Kier molecular flexibility index (Phi) is 5.94. The zero-order valence-electron chi connectivity index (χ0n) is 11.7. The van der Waals surface area contributed by atoms with E-state index >= 15 is 0 Å². The highest BCUT2D eigenvalue weighted by molar-refractivity contribution is 4.82. The molecule has 0 aliphatic rings. The molecule has 0 aliphatic heterocycles. The fourth-order valence-corrected chi connectivity index (χ4v) is 1.38. The molecule has 0 bridgehead atoms. The molecule has 0 fully saturated rings. The third-order valence-corrected chi connectivity index (χ3v) is 3.41. The van der Waals surface area contributed by atoms with E-state index in [4.69, 9.17) is 0 Å². The molecule has 0 amide bonds. The summed E-state index contributed by atoms with van der Waals surface area (Å²) in [6, 6.07) is 0.415. The number of alkyl halides is 3. The smallest absolute Gasteiger partial charge is 0.304 e. The van der Waals surface area contributed by atoms with E-state index in [0.717, 1.165) is 6.54 Å². The van der Waals surface area contributed by atoms with Gasteiger partial charge in [0.1, 0.15) is 0 Å². The van der Waals surface area contributed by atoms with Crippen LogP contribution in [0.15, 0.2) is 0 Å². The lowest BCUT2D eigenvalue weighted by Gasteiger charge is -2.37. The topological polar surface area (TPSA) is 6.48 Å². The molecule has 104 valence electrons. The highest BCUT2D eigenvalue weighted by atomic mass is 19.4. The normalized spacial score (nSPS) is 14.1. The van der Waals surface area contributed by atoms with Crippen LogP contribution in [-0.4, -0.2) is 54.7 Å². The lowest BCUT2D eigenvalue weighted by molar-refractivity contribution is -0.153. The molecule has 0 saturated carbocycles. The van der Waals surface area contributed by atoms with Crippen molar-refractivity contribution in [2.24, 2.45) is 0 Å². The highest BCUT2D eigenvalue weighted by Gasteiger charge is 2.35. The average Bonchev–Trinajstić information content (AvgIpc) is 2.11. The zero-order valence-corrected chi connectivity index (χ0v) is 11.7. The second-order valence-electron chi connectivity index (χ2n) is 5.61. The number of rotatable bonds is 6. The zero-order chi connectivity index (χ0) is 13.9. The summed E-state index contributed by atoms with van der Waals surface area (Å²) >= 11 is 0. The van der Waals surface area contributed by atoms with Crippen molar-refractivity contribution in [3.05, 3.63) is 0 Å². The van der Waals surface area contributed by atoms with Gasteiger partial charge in [0.05, 0.1) is 6.54 Å². The van der Waals surface area contributed by atoms with Crippen LogP contribution in [0.4, 0.5) is 13.2 Å². The van der Waals surface area contributed by atoms with Crippen LogP contribution in [0.2, 0.25) is 0 Å². The van der Waals surface area contributed by atoms with Gasteiger partial charge in [0.25, 0.3) is 0 Å². The Bertz CT molecular complexity index is 224. The van der Waals surface area contributed by atoms with Crippen LogP contribution in [0.3, 0.4) is 0 Å². The Balaban J connectivity index is 4.27. The summed E-state index contributed by atoms with van der Waals surface area (Å²) in [5, 5.41) is 0. The van der Waals surface area contributed by atoms with Crippen molar-refractivity contribution in [2.75, 3.05) is 27.2 Å². The van der Waals surface area contributed by atoms with Crippen molar-refractivity contribution >= 4 is 0 Å². The maximum atomic E-state index is 12.3. The summed E-state index contributed by atoms with van der Waals surface area (Å²) in [6.07, 6.45) is -3.41. The standard InChI is InChI=1S/C12H25F3N2/c1-10(2)16(5)8-7-11(3,4)17(6)9-12(13,14)15/h10H,7-9H2,1-6H3. The summed E-state index contributed by atoms with van der Waals surface area (Å²) in [5.74, 6) is 0. The predicted molar refractivity (Wildman–Crippen MR) is 65.1 cm³/mol. The van der Waals surface area contributed by atoms with Crippen LogP contribution in [0.1, 0.15) is 34.1 Å².